The lowest BCUT2D eigenvalue weighted by atomic mass is 9.89. The zero-order chi connectivity index (χ0) is 22.8. The van der Waals surface area contributed by atoms with Crippen molar-refractivity contribution >= 4 is 18.0 Å². The number of benzene rings is 2. The van der Waals surface area contributed by atoms with E-state index in [9.17, 15) is 4.79 Å². The molecule has 3 heterocycles. The van der Waals surface area contributed by atoms with Crippen LogP contribution < -0.4 is 9.47 Å². The number of likely N-dealkylation sites (tertiary alicyclic amines) is 1. The third-order valence-electron chi connectivity index (χ3n) is 6.41. The predicted molar refractivity (Wildman–Crippen MR) is 127 cm³/mol. The second-order valence-electron chi connectivity index (χ2n) is 8.66. The Morgan fingerprint density at radius 1 is 1.06 bits per heavy atom. The van der Waals surface area contributed by atoms with E-state index in [0.29, 0.717) is 36.9 Å². The van der Waals surface area contributed by atoms with Crippen LogP contribution in [0.15, 0.2) is 48.5 Å². The number of aromatic nitrogens is 3. The Balaban J connectivity index is 1.20. The first-order valence-corrected chi connectivity index (χ1v) is 11.8. The molecule has 0 bridgehead atoms. The molecule has 3 aromatic rings. The van der Waals surface area contributed by atoms with Crippen molar-refractivity contribution in [3.63, 3.8) is 0 Å². The number of hydrogen-bond donors (Lipinski definition) is 0. The minimum atomic E-state index is 0.0224. The minimum absolute atomic E-state index is 0.0224. The van der Waals surface area contributed by atoms with Gasteiger partial charge in [0.25, 0.3) is 0 Å². The maximum Gasteiger partial charge on any atom is 0.199 e. The molecule has 0 atom stereocenters. The van der Waals surface area contributed by atoms with E-state index in [-0.39, 0.29) is 11.7 Å². The highest BCUT2D eigenvalue weighted by atomic mass is 32.1. The maximum atomic E-state index is 13.1. The molecule has 0 N–H and O–H groups in total. The van der Waals surface area contributed by atoms with E-state index in [0.717, 1.165) is 43.1 Å². The fourth-order valence-corrected chi connectivity index (χ4v) is 4.84. The van der Waals surface area contributed by atoms with Crippen molar-refractivity contribution in [1.82, 2.24) is 19.2 Å². The number of hydrogen-bond acceptors (Lipinski definition) is 6. The van der Waals surface area contributed by atoms with Gasteiger partial charge in [0.2, 0.25) is 0 Å². The van der Waals surface area contributed by atoms with E-state index in [1.165, 1.54) is 5.56 Å². The largest absolute Gasteiger partial charge is 0.486 e. The zero-order valence-corrected chi connectivity index (χ0v) is 19.6. The van der Waals surface area contributed by atoms with Crippen LogP contribution in [0.2, 0.25) is 0 Å². The van der Waals surface area contributed by atoms with Crippen LogP contribution in [0, 0.1) is 17.6 Å². The first kappa shape index (κ1) is 21.9. The van der Waals surface area contributed by atoms with Crippen LogP contribution in [-0.4, -0.2) is 51.3 Å². The lowest BCUT2D eigenvalue weighted by molar-refractivity contribution is 0.0802. The minimum Gasteiger partial charge on any atom is -0.486 e. The highest BCUT2D eigenvalue weighted by molar-refractivity contribution is 7.71. The second kappa shape index (κ2) is 9.49. The zero-order valence-electron chi connectivity index (χ0n) is 18.8. The number of ketones is 1. The Hall–Kier alpha value is -2.97. The molecule has 1 saturated heterocycles. The maximum absolute atomic E-state index is 13.1. The summed E-state index contributed by atoms with van der Waals surface area (Å²) in [6.07, 6.45) is 1.65. The van der Waals surface area contributed by atoms with Crippen molar-refractivity contribution in [3.8, 4) is 11.5 Å². The molecule has 2 aliphatic rings. The standard InChI is InChI=1S/C25H28N4O3S/c1-18-26-29(25(33)28(18)16-19-5-3-2-4-6-19)17-27-11-9-20(10-12-27)24(30)21-7-8-22-23(15-21)32-14-13-31-22/h2-8,15,20H,9-14,16-17H2,1H3. The van der Waals surface area contributed by atoms with Crippen LogP contribution in [-0.2, 0) is 13.2 Å². The van der Waals surface area contributed by atoms with Crippen molar-refractivity contribution in [3.05, 3.63) is 70.3 Å². The van der Waals surface area contributed by atoms with Crippen LogP contribution in [0.4, 0.5) is 0 Å². The van der Waals surface area contributed by atoms with Crippen molar-refractivity contribution < 1.29 is 14.3 Å². The summed E-state index contributed by atoms with van der Waals surface area (Å²) in [6, 6.07) is 15.8. The molecular weight excluding hydrogens is 436 g/mol. The van der Waals surface area contributed by atoms with Gasteiger partial charge in [-0.1, -0.05) is 30.3 Å². The number of carbonyl (C=O) groups is 1. The van der Waals surface area contributed by atoms with E-state index < -0.39 is 0 Å². The van der Waals surface area contributed by atoms with E-state index in [1.807, 2.05) is 48.0 Å². The smallest absolute Gasteiger partial charge is 0.199 e. The summed E-state index contributed by atoms with van der Waals surface area (Å²) < 4.78 is 15.9. The fourth-order valence-electron chi connectivity index (χ4n) is 4.55. The van der Waals surface area contributed by atoms with Gasteiger partial charge in [-0.15, -0.1) is 0 Å². The highest BCUT2D eigenvalue weighted by Gasteiger charge is 2.27. The van der Waals surface area contributed by atoms with Gasteiger partial charge < -0.3 is 9.47 Å². The number of Topliss-reactive ketones (excluding diaryl/α,β-unsaturated/α-hetero) is 1. The Bertz CT molecular complexity index is 1200. The molecule has 0 unspecified atom stereocenters. The van der Waals surface area contributed by atoms with E-state index in [2.05, 4.69) is 26.7 Å². The molecule has 1 aromatic heterocycles. The normalized spacial score (nSPS) is 16.6. The number of carbonyl (C=O) groups excluding carboxylic acids is 1. The van der Waals surface area contributed by atoms with Crippen LogP contribution in [0.5, 0.6) is 11.5 Å². The number of rotatable bonds is 6. The van der Waals surface area contributed by atoms with Gasteiger partial charge in [-0.3, -0.25) is 14.3 Å². The van der Waals surface area contributed by atoms with Gasteiger partial charge >= 0.3 is 0 Å². The Kier molecular flexibility index (Phi) is 6.28. The van der Waals surface area contributed by atoms with Crippen molar-refractivity contribution in [2.24, 2.45) is 5.92 Å². The highest BCUT2D eigenvalue weighted by Crippen LogP contribution is 2.32. The quantitative estimate of drug-likeness (QED) is 0.404. The summed E-state index contributed by atoms with van der Waals surface area (Å²) in [5, 5.41) is 4.68. The topological polar surface area (TPSA) is 61.5 Å². The van der Waals surface area contributed by atoms with Gasteiger partial charge in [0.15, 0.2) is 22.1 Å². The molecule has 7 nitrogen and oxygen atoms in total. The second-order valence-corrected chi connectivity index (χ2v) is 9.02. The van der Waals surface area contributed by atoms with Crippen LogP contribution in [0.3, 0.4) is 0 Å². The molecule has 2 aromatic carbocycles. The van der Waals surface area contributed by atoms with Gasteiger partial charge in [-0.2, -0.15) is 5.10 Å². The van der Waals surface area contributed by atoms with Gasteiger partial charge in [0.05, 0.1) is 13.2 Å². The molecular formula is C25H28N4O3S. The lowest BCUT2D eigenvalue weighted by Gasteiger charge is -2.31. The molecule has 0 spiro atoms. The molecule has 0 radical (unpaired) electrons. The number of aryl methyl sites for hydroxylation is 1. The lowest BCUT2D eigenvalue weighted by Crippen LogP contribution is -2.37. The first-order chi connectivity index (χ1) is 16.1. The molecule has 0 aliphatic carbocycles. The van der Waals surface area contributed by atoms with Crippen molar-refractivity contribution in [1.29, 1.82) is 0 Å². The predicted octanol–water partition coefficient (Wildman–Crippen LogP) is 4.09. The molecule has 1 fully saturated rings. The third-order valence-corrected chi connectivity index (χ3v) is 6.84. The molecule has 33 heavy (non-hydrogen) atoms. The van der Waals surface area contributed by atoms with Crippen molar-refractivity contribution in [2.45, 2.75) is 33.0 Å². The van der Waals surface area contributed by atoms with E-state index >= 15 is 0 Å². The van der Waals surface area contributed by atoms with Gasteiger partial charge in [-0.25, -0.2) is 4.68 Å². The van der Waals surface area contributed by atoms with Gasteiger partial charge in [0.1, 0.15) is 19.0 Å². The first-order valence-electron chi connectivity index (χ1n) is 11.4. The Labute approximate surface area is 198 Å². The summed E-state index contributed by atoms with van der Waals surface area (Å²) in [5.41, 5.74) is 1.91. The molecule has 172 valence electrons. The molecule has 0 amide bonds. The van der Waals surface area contributed by atoms with Crippen LogP contribution in [0.1, 0.15) is 34.6 Å². The Morgan fingerprint density at radius 2 is 1.79 bits per heavy atom. The molecule has 8 heteroatoms. The molecule has 5 rings (SSSR count). The summed E-state index contributed by atoms with van der Waals surface area (Å²) in [5.74, 6) is 2.50. The van der Waals surface area contributed by atoms with Gasteiger partial charge in [-0.05, 0) is 55.7 Å². The van der Waals surface area contributed by atoms with Crippen LogP contribution in [0.25, 0.3) is 0 Å². The Morgan fingerprint density at radius 3 is 2.55 bits per heavy atom. The fraction of sp³-hybridized carbons (Fsp3) is 0.400. The third kappa shape index (κ3) is 4.72. The molecule has 0 saturated carbocycles. The van der Waals surface area contributed by atoms with Crippen LogP contribution >= 0.6 is 12.2 Å². The number of nitrogens with zero attached hydrogens (tertiary/aromatic N) is 4. The summed E-state index contributed by atoms with van der Waals surface area (Å²) >= 11 is 5.72. The summed E-state index contributed by atoms with van der Waals surface area (Å²) in [7, 11) is 0. The SMILES string of the molecule is Cc1nn(CN2CCC(C(=O)c3ccc4c(c3)OCCO4)CC2)c(=S)n1Cc1ccccc1. The summed E-state index contributed by atoms with van der Waals surface area (Å²) in [4.78, 5) is 15.4. The van der Waals surface area contributed by atoms with Crippen molar-refractivity contribution in [2.75, 3.05) is 26.3 Å². The monoisotopic (exact) mass is 464 g/mol. The molecule has 2 aliphatic heterocycles. The number of piperidine rings is 1. The van der Waals surface area contributed by atoms with E-state index in [1.54, 1.807) is 0 Å². The average Bonchev–Trinajstić information content (AvgIpc) is 3.11. The van der Waals surface area contributed by atoms with E-state index in [4.69, 9.17) is 21.7 Å². The number of ether oxygens (including phenoxy) is 2. The van der Waals surface area contributed by atoms with Gasteiger partial charge in [0, 0.05) is 24.6 Å². The number of fused-ring (bicyclic) bond motifs is 1. The average molecular weight is 465 g/mol. The summed E-state index contributed by atoms with van der Waals surface area (Å²) in [6.45, 7) is 6.11.